The molecule has 2 atom stereocenters. The molecule has 31 heavy (non-hydrogen) atoms. The summed E-state index contributed by atoms with van der Waals surface area (Å²) in [7, 11) is 0. The Morgan fingerprint density at radius 3 is 2.13 bits per heavy atom. The van der Waals surface area contributed by atoms with Crippen LogP contribution in [0.1, 0.15) is 47.1 Å². The third kappa shape index (κ3) is 5.55. The topological polar surface area (TPSA) is 75.7 Å². The van der Waals surface area contributed by atoms with Crippen molar-refractivity contribution in [1.29, 1.82) is 0 Å². The molecule has 1 aliphatic rings. The van der Waals surface area contributed by atoms with Crippen LogP contribution in [0.4, 0.5) is 4.79 Å². The first-order chi connectivity index (χ1) is 14.7. The van der Waals surface area contributed by atoms with Crippen LogP contribution in [0.2, 0.25) is 0 Å². The molecule has 0 aliphatic carbocycles. The van der Waals surface area contributed by atoms with Crippen LogP contribution in [0, 0.1) is 0 Å². The first-order valence-electron chi connectivity index (χ1n) is 10.00. The second-order valence-corrected chi connectivity index (χ2v) is 9.32. The number of alkyl carbamates (subject to hydrolysis) is 1. The van der Waals surface area contributed by atoms with E-state index in [1.807, 2.05) is 30.3 Å². The molecule has 0 unspecified atom stereocenters. The largest absolute Gasteiger partial charge is 0.444 e. The Kier molecular flexibility index (Phi) is 6.85. The minimum Gasteiger partial charge on any atom is -0.444 e. The van der Waals surface area contributed by atoms with Crippen molar-refractivity contribution in [2.45, 2.75) is 44.1 Å². The molecule has 7 heteroatoms. The van der Waals surface area contributed by atoms with E-state index in [1.165, 1.54) is 0 Å². The van der Waals surface area contributed by atoms with Crippen molar-refractivity contribution < 1.29 is 19.1 Å². The third-order valence-electron chi connectivity index (χ3n) is 4.61. The fourth-order valence-corrected chi connectivity index (χ4v) is 4.27. The number of fused-ring (bicyclic) bond motifs is 1. The smallest absolute Gasteiger partial charge is 0.407 e. The zero-order valence-electron chi connectivity index (χ0n) is 17.8. The van der Waals surface area contributed by atoms with Gasteiger partial charge in [-0.15, -0.1) is 6.58 Å². The number of nitrogens with one attached hydrogen (secondary N) is 1. The lowest BCUT2D eigenvalue weighted by Crippen LogP contribution is -2.46. The average Bonchev–Trinajstić information content (AvgIpc) is 2.95. The van der Waals surface area contributed by atoms with Crippen molar-refractivity contribution in [3.05, 3.63) is 83.9 Å². The van der Waals surface area contributed by atoms with Gasteiger partial charge in [-0.05, 0) is 56.8 Å². The third-order valence-corrected chi connectivity index (χ3v) is 5.92. The van der Waals surface area contributed by atoms with Crippen LogP contribution in [0.15, 0.2) is 67.3 Å². The Morgan fingerprint density at radius 2 is 1.61 bits per heavy atom. The van der Waals surface area contributed by atoms with E-state index in [0.29, 0.717) is 17.5 Å². The second kappa shape index (κ2) is 9.39. The van der Waals surface area contributed by atoms with Gasteiger partial charge in [-0.3, -0.25) is 9.59 Å². The first kappa shape index (κ1) is 22.6. The zero-order valence-corrected chi connectivity index (χ0v) is 18.6. The molecular weight excluding hydrogens is 412 g/mol. The molecule has 6 nitrogen and oxygen atoms in total. The molecule has 0 fully saturated rings. The first-order valence-corrected chi connectivity index (χ1v) is 10.8. The SMILES string of the molecule is C=C[C@H](SN1C(=O)c2ccccc2C1=O)[C@H](Cc1ccccc1)NC(=O)OC(C)(C)C. The molecule has 162 valence electrons. The lowest BCUT2D eigenvalue weighted by atomic mass is 10.0. The number of hydrogen-bond acceptors (Lipinski definition) is 5. The second-order valence-electron chi connectivity index (χ2n) is 8.20. The number of ether oxygens (including phenoxy) is 1. The number of imide groups is 1. The van der Waals surface area contributed by atoms with Crippen LogP contribution >= 0.6 is 11.9 Å². The maximum atomic E-state index is 12.8. The van der Waals surface area contributed by atoms with Crippen molar-refractivity contribution >= 4 is 29.9 Å². The zero-order chi connectivity index (χ0) is 22.6. The summed E-state index contributed by atoms with van der Waals surface area (Å²) in [6, 6.07) is 15.9. The van der Waals surface area contributed by atoms with Gasteiger partial charge in [-0.2, -0.15) is 0 Å². The fourth-order valence-electron chi connectivity index (χ4n) is 3.24. The van der Waals surface area contributed by atoms with E-state index in [1.54, 1.807) is 51.1 Å². The molecule has 3 amide bonds. The van der Waals surface area contributed by atoms with Gasteiger partial charge < -0.3 is 10.1 Å². The monoisotopic (exact) mass is 438 g/mol. The van der Waals surface area contributed by atoms with Gasteiger partial charge >= 0.3 is 6.09 Å². The van der Waals surface area contributed by atoms with Crippen LogP contribution in [0.25, 0.3) is 0 Å². The number of amides is 3. The van der Waals surface area contributed by atoms with Crippen molar-refractivity contribution in [2.24, 2.45) is 0 Å². The van der Waals surface area contributed by atoms with Crippen LogP contribution in [0.5, 0.6) is 0 Å². The minimum absolute atomic E-state index is 0.367. The molecule has 0 radical (unpaired) electrons. The highest BCUT2D eigenvalue weighted by Crippen LogP contribution is 2.32. The van der Waals surface area contributed by atoms with Crippen molar-refractivity contribution in [2.75, 3.05) is 0 Å². The number of nitrogens with zero attached hydrogens (tertiary/aromatic N) is 1. The highest BCUT2D eigenvalue weighted by Gasteiger charge is 2.38. The lowest BCUT2D eigenvalue weighted by Gasteiger charge is -2.29. The number of rotatable bonds is 7. The van der Waals surface area contributed by atoms with Crippen molar-refractivity contribution in [3.8, 4) is 0 Å². The summed E-state index contributed by atoms with van der Waals surface area (Å²) in [6.45, 7) is 9.25. The Balaban J connectivity index is 1.82. The van der Waals surface area contributed by atoms with Crippen molar-refractivity contribution in [1.82, 2.24) is 9.62 Å². The molecule has 0 aromatic heterocycles. The molecule has 0 bridgehead atoms. The van der Waals surface area contributed by atoms with Crippen LogP contribution in [-0.4, -0.2) is 39.1 Å². The standard InChI is InChI=1S/C24H26N2O4S/c1-5-20(31-26-21(27)17-13-9-10-14-18(17)22(26)28)19(15-16-11-7-6-8-12-16)25-23(29)30-24(2,3)4/h5-14,19-20H,1,15H2,2-4H3,(H,25,29)/t19-,20-/m0/s1. The van der Waals surface area contributed by atoms with E-state index in [2.05, 4.69) is 11.9 Å². The van der Waals surface area contributed by atoms with E-state index >= 15 is 0 Å². The minimum atomic E-state index is -0.652. The summed E-state index contributed by atoms with van der Waals surface area (Å²) in [5.41, 5.74) is 1.10. The summed E-state index contributed by atoms with van der Waals surface area (Å²) in [5.74, 6) is -0.735. The molecule has 1 heterocycles. The summed E-state index contributed by atoms with van der Waals surface area (Å²) in [4.78, 5) is 38.1. The van der Waals surface area contributed by atoms with Gasteiger partial charge in [-0.1, -0.05) is 48.5 Å². The Hall–Kier alpha value is -3.06. The molecule has 0 saturated carbocycles. The molecular formula is C24H26N2O4S. The Morgan fingerprint density at radius 1 is 1.06 bits per heavy atom. The predicted octanol–water partition coefficient (Wildman–Crippen LogP) is 4.62. The van der Waals surface area contributed by atoms with Gasteiger partial charge in [-0.25, -0.2) is 9.10 Å². The van der Waals surface area contributed by atoms with Crippen molar-refractivity contribution in [3.63, 3.8) is 0 Å². The number of benzene rings is 2. The van der Waals surface area contributed by atoms with Gasteiger partial charge in [0.15, 0.2) is 0 Å². The van der Waals surface area contributed by atoms with Gasteiger partial charge in [0.25, 0.3) is 11.8 Å². The molecule has 2 aromatic rings. The molecule has 0 spiro atoms. The van der Waals surface area contributed by atoms with Crippen LogP contribution in [-0.2, 0) is 11.2 Å². The number of carbonyl (C=O) groups is 3. The molecule has 1 aliphatic heterocycles. The lowest BCUT2D eigenvalue weighted by molar-refractivity contribution is 0.0505. The fraction of sp³-hybridized carbons (Fsp3) is 0.292. The van der Waals surface area contributed by atoms with Gasteiger partial charge in [0.1, 0.15) is 5.60 Å². The van der Waals surface area contributed by atoms with E-state index < -0.39 is 23.0 Å². The normalized spacial score (nSPS) is 15.3. The summed E-state index contributed by atoms with van der Waals surface area (Å²) < 4.78 is 6.57. The van der Waals surface area contributed by atoms with Crippen LogP contribution < -0.4 is 5.32 Å². The summed E-state index contributed by atoms with van der Waals surface area (Å²) in [6.07, 6.45) is 1.55. The Bertz CT molecular complexity index is 950. The Labute approximate surface area is 186 Å². The van der Waals surface area contributed by atoms with E-state index in [0.717, 1.165) is 21.8 Å². The molecule has 0 saturated heterocycles. The number of carbonyl (C=O) groups excluding carboxylic acids is 3. The molecule has 2 aromatic carbocycles. The quantitative estimate of drug-likeness (QED) is 0.388. The predicted molar refractivity (Wildman–Crippen MR) is 122 cm³/mol. The maximum Gasteiger partial charge on any atom is 0.407 e. The molecule has 1 N–H and O–H groups in total. The summed E-state index contributed by atoms with van der Waals surface area (Å²) in [5, 5.41) is 2.45. The van der Waals surface area contributed by atoms with E-state index in [9.17, 15) is 14.4 Å². The number of hydrogen-bond donors (Lipinski definition) is 1. The van der Waals surface area contributed by atoms with E-state index in [-0.39, 0.29) is 11.8 Å². The molecule has 3 rings (SSSR count). The average molecular weight is 439 g/mol. The van der Waals surface area contributed by atoms with Gasteiger partial charge in [0.2, 0.25) is 0 Å². The van der Waals surface area contributed by atoms with E-state index in [4.69, 9.17) is 4.74 Å². The van der Waals surface area contributed by atoms with Gasteiger partial charge in [0.05, 0.1) is 22.4 Å². The highest BCUT2D eigenvalue weighted by molar-refractivity contribution is 7.99. The highest BCUT2D eigenvalue weighted by atomic mass is 32.2. The maximum absolute atomic E-state index is 12.8. The summed E-state index contributed by atoms with van der Waals surface area (Å²) >= 11 is 1.06. The van der Waals surface area contributed by atoms with Gasteiger partial charge in [0, 0.05) is 0 Å². The van der Waals surface area contributed by atoms with Crippen LogP contribution in [0.3, 0.4) is 0 Å².